The van der Waals surface area contributed by atoms with Crippen LogP contribution in [0, 0.1) is 0 Å². The van der Waals surface area contributed by atoms with Crippen molar-refractivity contribution in [2.75, 3.05) is 6.54 Å². The van der Waals surface area contributed by atoms with Gasteiger partial charge in [0.1, 0.15) is 18.7 Å². The molecule has 7 nitrogen and oxygen atoms in total. The first-order valence-electron chi connectivity index (χ1n) is 10.7. The zero-order valence-electron chi connectivity index (χ0n) is 17.6. The average Bonchev–Trinajstić information content (AvgIpc) is 3.24. The summed E-state index contributed by atoms with van der Waals surface area (Å²) in [4.78, 5) is 38.4. The Kier molecular flexibility index (Phi) is 9.91. The van der Waals surface area contributed by atoms with Crippen LogP contribution in [0.25, 0.3) is 0 Å². The van der Waals surface area contributed by atoms with Crippen molar-refractivity contribution in [3.05, 3.63) is 48.6 Å². The molecule has 0 spiro atoms. The molecule has 1 aliphatic heterocycles. The molecule has 1 saturated heterocycles. The van der Waals surface area contributed by atoms with Crippen LogP contribution in [0.5, 0.6) is 0 Å². The quantitative estimate of drug-likeness (QED) is 0.404. The first-order valence-corrected chi connectivity index (χ1v) is 10.7. The third-order valence-electron chi connectivity index (χ3n) is 5.31. The average molecular weight is 416 g/mol. The standard InChI is InChI=1S/C23H33N3O4/c1-2-3-4-5-6-10-14-19(21(24)27)25-22(28)20-15-11-16-26(20)23(29)30-17-18-12-8-7-9-13-18/h2,7-9,12-13,19-20H,1,3-6,10-11,14-17H2,(H2,24,27)(H,25,28)/t19-,20-/m1/s1. The zero-order chi connectivity index (χ0) is 21.8. The summed E-state index contributed by atoms with van der Waals surface area (Å²) in [5.41, 5.74) is 6.36. The first kappa shape index (κ1) is 23.4. The molecule has 30 heavy (non-hydrogen) atoms. The number of ether oxygens (including phenoxy) is 1. The van der Waals surface area contributed by atoms with Gasteiger partial charge in [-0.1, -0.05) is 55.7 Å². The minimum absolute atomic E-state index is 0.153. The van der Waals surface area contributed by atoms with E-state index in [4.69, 9.17) is 10.5 Å². The smallest absolute Gasteiger partial charge is 0.410 e. The van der Waals surface area contributed by atoms with Crippen molar-refractivity contribution < 1.29 is 19.1 Å². The molecule has 0 aromatic heterocycles. The number of hydrogen-bond donors (Lipinski definition) is 2. The Morgan fingerprint density at radius 2 is 1.93 bits per heavy atom. The van der Waals surface area contributed by atoms with Crippen LogP contribution in [-0.2, 0) is 20.9 Å². The normalized spacial score (nSPS) is 16.7. The third-order valence-corrected chi connectivity index (χ3v) is 5.31. The maximum Gasteiger partial charge on any atom is 0.410 e. The van der Waals surface area contributed by atoms with Crippen LogP contribution in [0.3, 0.4) is 0 Å². The Balaban J connectivity index is 1.82. The lowest BCUT2D eigenvalue weighted by molar-refractivity contribution is -0.130. The zero-order valence-corrected chi connectivity index (χ0v) is 17.6. The van der Waals surface area contributed by atoms with Crippen LogP contribution in [-0.4, -0.2) is 41.4 Å². The molecule has 0 radical (unpaired) electrons. The number of rotatable bonds is 12. The highest BCUT2D eigenvalue weighted by Gasteiger charge is 2.36. The molecule has 7 heteroatoms. The fraction of sp³-hybridized carbons (Fsp3) is 0.522. The third kappa shape index (κ3) is 7.54. The van der Waals surface area contributed by atoms with Gasteiger partial charge >= 0.3 is 6.09 Å². The second kappa shape index (κ2) is 12.7. The van der Waals surface area contributed by atoms with Crippen LogP contribution < -0.4 is 11.1 Å². The van der Waals surface area contributed by atoms with E-state index in [1.807, 2.05) is 36.4 Å². The Hall–Kier alpha value is -2.83. The van der Waals surface area contributed by atoms with Gasteiger partial charge in [-0.3, -0.25) is 14.5 Å². The van der Waals surface area contributed by atoms with Gasteiger partial charge in [0.2, 0.25) is 11.8 Å². The van der Waals surface area contributed by atoms with E-state index in [0.717, 1.165) is 37.7 Å². The van der Waals surface area contributed by atoms with Gasteiger partial charge < -0.3 is 15.8 Å². The number of nitrogens with two attached hydrogens (primary N) is 1. The molecule has 164 valence electrons. The molecule has 0 bridgehead atoms. The van der Waals surface area contributed by atoms with Gasteiger partial charge in [-0.15, -0.1) is 6.58 Å². The largest absolute Gasteiger partial charge is 0.445 e. The Morgan fingerprint density at radius 3 is 2.63 bits per heavy atom. The number of allylic oxidation sites excluding steroid dienone is 1. The highest BCUT2D eigenvalue weighted by atomic mass is 16.6. The molecule has 1 fully saturated rings. The van der Waals surface area contributed by atoms with Crippen molar-refractivity contribution in [1.82, 2.24) is 10.2 Å². The number of amides is 3. The first-order chi connectivity index (χ1) is 14.5. The van der Waals surface area contributed by atoms with Gasteiger partial charge in [-0.05, 0) is 37.7 Å². The molecule has 1 aliphatic rings. The summed E-state index contributed by atoms with van der Waals surface area (Å²) in [6, 6.07) is 8.02. The summed E-state index contributed by atoms with van der Waals surface area (Å²) in [5.74, 6) is -0.898. The minimum Gasteiger partial charge on any atom is -0.445 e. The molecule has 1 heterocycles. The molecule has 0 aliphatic carbocycles. The van der Waals surface area contributed by atoms with E-state index in [-0.39, 0.29) is 12.5 Å². The fourth-order valence-electron chi connectivity index (χ4n) is 3.60. The van der Waals surface area contributed by atoms with Gasteiger partial charge in [-0.2, -0.15) is 0 Å². The van der Waals surface area contributed by atoms with Gasteiger partial charge in [0.25, 0.3) is 0 Å². The number of nitrogens with one attached hydrogen (secondary N) is 1. The van der Waals surface area contributed by atoms with Crippen LogP contribution in [0.2, 0.25) is 0 Å². The van der Waals surface area contributed by atoms with Crippen LogP contribution in [0.4, 0.5) is 4.79 Å². The lowest BCUT2D eigenvalue weighted by atomic mass is 10.0. The van der Waals surface area contributed by atoms with Crippen LogP contribution in [0.1, 0.15) is 56.9 Å². The molecule has 0 unspecified atom stereocenters. The van der Waals surface area contributed by atoms with E-state index in [9.17, 15) is 14.4 Å². The Bertz CT molecular complexity index is 708. The topological polar surface area (TPSA) is 102 Å². The maximum absolute atomic E-state index is 12.7. The van der Waals surface area contributed by atoms with Gasteiger partial charge in [0, 0.05) is 6.54 Å². The number of carbonyl (C=O) groups is 3. The number of primary amides is 1. The minimum atomic E-state index is -0.723. The van der Waals surface area contributed by atoms with E-state index in [0.29, 0.717) is 25.8 Å². The summed E-state index contributed by atoms with van der Waals surface area (Å²) in [6.07, 6.45) is 8.00. The number of hydrogen-bond acceptors (Lipinski definition) is 4. The van der Waals surface area contributed by atoms with Crippen LogP contribution >= 0.6 is 0 Å². The Morgan fingerprint density at radius 1 is 1.20 bits per heavy atom. The van der Waals surface area contributed by atoms with Gasteiger partial charge in [0.05, 0.1) is 0 Å². The van der Waals surface area contributed by atoms with Crippen molar-refractivity contribution in [2.24, 2.45) is 5.73 Å². The number of nitrogens with zero attached hydrogens (tertiary/aromatic N) is 1. The van der Waals surface area contributed by atoms with Crippen molar-refractivity contribution in [3.63, 3.8) is 0 Å². The second-order valence-corrected chi connectivity index (χ2v) is 7.64. The van der Waals surface area contributed by atoms with E-state index < -0.39 is 24.1 Å². The summed E-state index contributed by atoms with van der Waals surface area (Å²) >= 11 is 0. The molecule has 2 atom stereocenters. The van der Waals surface area contributed by atoms with Crippen LogP contribution in [0.15, 0.2) is 43.0 Å². The molecule has 3 N–H and O–H groups in total. The lowest BCUT2D eigenvalue weighted by Gasteiger charge is -2.25. The van der Waals surface area contributed by atoms with Crippen molar-refractivity contribution in [2.45, 2.75) is 70.1 Å². The SMILES string of the molecule is C=CCCCCCC[C@@H](NC(=O)[C@H]1CCCN1C(=O)OCc1ccccc1)C(N)=O. The predicted molar refractivity (Wildman–Crippen MR) is 115 cm³/mol. The number of carbonyl (C=O) groups excluding carboxylic acids is 3. The fourth-order valence-corrected chi connectivity index (χ4v) is 3.60. The van der Waals surface area contributed by atoms with Gasteiger partial charge in [0.15, 0.2) is 0 Å². The molecule has 1 aromatic carbocycles. The van der Waals surface area contributed by atoms with Crippen molar-refractivity contribution >= 4 is 17.9 Å². The molecule has 2 rings (SSSR count). The van der Waals surface area contributed by atoms with Crippen molar-refractivity contribution in [3.8, 4) is 0 Å². The molecular weight excluding hydrogens is 382 g/mol. The summed E-state index contributed by atoms with van der Waals surface area (Å²) in [5, 5.41) is 2.74. The summed E-state index contributed by atoms with van der Waals surface area (Å²) in [7, 11) is 0. The highest BCUT2D eigenvalue weighted by molar-refractivity contribution is 5.91. The van der Waals surface area contributed by atoms with E-state index >= 15 is 0 Å². The number of benzene rings is 1. The van der Waals surface area contributed by atoms with Crippen molar-refractivity contribution in [1.29, 1.82) is 0 Å². The number of unbranched alkanes of at least 4 members (excludes halogenated alkanes) is 4. The lowest BCUT2D eigenvalue weighted by Crippen LogP contribution is -2.52. The summed E-state index contributed by atoms with van der Waals surface area (Å²) in [6.45, 7) is 4.31. The van der Waals surface area contributed by atoms with E-state index in [1.165, 1.54) is 4.90 Å². The Labute approximate surface area is 178 Å². The predicted octanol–water partition coefficient (Wildman–Crippen LogP) is 3.28. The van der Waals surface area contributed by atoms with E-state index in [2.05, 4.69) is 11.9 Å². The second-order valence-electron chi connectivity index (χ2n) is 7.64. The molecule has 1 aromatic rings. The van der Waals surface area contributed by atoms with Gasteiger partial charge in [-0.25, -0.2) is 4.79 Å². The maximum atomic E-state index is 12.7. The van der Waals surface area contributed by atoms with E-state index in [1.54, 1.807) is 0 Å². The molecule has 3 amide bonds. The molecular formula is C23H33N3O4. The summed E-state index contributed by atoms with van der Waals surface area (Å²) < 4.78 is 5.36. The monoisotopic (exact) mass is 415 g/mol. The molecule has 0 saturated carbocycles. The number of likely N-dealkylation sites (tertiary alicyclic amines) is 1. The highest BCUT2D eigenvalue weighted by Crippen LogP contribution is 2.20.